The summed E-state index contributed by atoms with van der Waals surface area (Å²) in [6.45, 7) is 1.47. The van der Waals surface area contributed by atoms with Gasteiger partial charge in [0.1, 0.15) is 0 Å². The van der Waals surface area contributed by atoms with Gasteiger partial charge in [0.05, 0.1) is 6.54 Å². The fraction of sp³-hybridized carbons (Fsp3) is 0.300. The molecule has 1 aromatic carbocycles. The van der Waals surface area contributed by atoms with Crippen molar-refractivity contribution in [1.29, 1.82) is 0 Å². The summed E-state index contributed by atoms with van der Waals surface area (Å²) in [5.74, 6) is 0.663. The molecule has 2 aliphatic heterocycles. The van der Waals surface area contributed by atoms with Crippen molar-refractivity contribution in [3.05, 3.63) is 18.2 Å². The van der Waals surface area contributed by atoms with Gasteiger partial charge in [0.25, 0.3) is 0 Å². The van der Waals surface area contributed by atoms with Gasteiger partial charge in [-0.1, -0.05) is 0 Å². The van der Waals surface area contributed by atoms with Crippen LogP contribution in [0.1, 0.15) is 0 Å². The molecule has 0 unspecified atom stereocenters. The second-order valence-corrected chi connectivity index (χ2v) is 3.61. The molecule has 1 aromatic rings. The van der Waals surface area contributed by atoms with Crippen molar-refractivity contribution < 1.29 is 18.3 Å². The van der Waals surface area contributed by atoms with Crippen molar-refractivity contribution in [2.24, 2.45) is 4.99 Å². The quantitative estimate of drug-likeness (QED) is 0.780. The largest absolute Gasteiger partial charge is 0.586 e. The van der Waals surface area contributed by atoms with Crippen molar-refractivity contribution in [2.75, 3.05) is 18.4 Å². The first-order valence-corrected chi connectivity index (χ1v) is 5.08. The molecule has 7 heteroatoms. The Labute approximate surface area is 95.4 Å². The minimum atomic E-state index is -3.58. The molecule has 17 heavy (non-hydrogen) atoms. The number of anilines is 1. The lowest BCUT2D eigenvalue weighted by Gasteiger charge is -2.06. The highest BCUT2D eigenvalue weighted by molar-refractivity contribution is 5.94. The van der Waals surface area contributed by atoms with E-state index in [1.165, 1.54) is 12.1 Å². The average molecular weight is 241 g/mol. The summed E-state index contributed by atoms with van der Waals surface area (Å²) in [4.78, 5) is 4.13. The van der Waals surface area contributed by atoms with E-state index in [-0.39, 0.29) is 11.5 Å². The molecule has 0 spiro atoms. The molecular weight excluding hydrogens is 232 g/mol. The lowest BCUT2D eigenvalue weighted by molar-refractivity contribution is -0.286. The Bertz CT molecular complexity index is 490. The number of fused-ring (bicyclic) bond motifs is 1. The van der Waals surface area contributed by atoms with Gasteiger partial charge in [0.15, 0.2) is 17.5 Å². The summed E-state index contributed by atoms with van der Waals surface area (Å²) in [6, 6.07) is 4.49. The number of alkyl halides is 2. The highest BCUT2D eigenvalue weighted by atomic mass is 19.3. The van der Waals surface area contributed by atoms with Gasteiger partial charge in [-0.2, -0.15) is 0 Å². The van der Waals surface area contributed by atoms with Crippen molar-refractivity contribution in [3.8, 4) is 11.5 Å². The summed E-state index contributed by atoms with van der Waals surface area (Å²) in [5, 5.41) is 5.96. The number of halogens is 2. The van der Waals surface area contributed by atoms with Gasteiger partial charge in [0.2, 0.25) is 0 Å². The molecule has 2 heterocycles. The lowest BCUT2D eigenvalue weighted by Crippen LogP contribution is -2.26. The van der Waals surface area contributed by atoms with Gasteiger partial charge in [-0.15, -0.1) is 8.78 Å². The van der Waals surface area contributed by atoms with Gasteiger partial charge >= 0.3 is 6.29 Å². The van der Waals surface area contributed by atoms with E-state index in [0.717, 1.165) is 6.54 Å². The maximum atomic E-state index is 12.8. The molecule has 0 atom stereocenters. The minimum Gasteiger partial charge on any atom is -0.395 e. The molecule has 3 rings (SSSR count). The third kappa shape index (κ3) is 1.95. The van der Waals surface area contributed by atoms with Gasteiger partial charge in [0, 0.05) is 18.3 Å². The summed E-state index contributed by atoms with van der Waals surface area (Å²) in [5.41, 5.74) is 0.609. The summed E-state index contributed by atoms with van der Waals surface area (Å²) in [6.07, 6.45) is -3.58. The first-order valence-electron chi connectivity index (χ1n) is 5.08. The average Bonchev–Trinajstić information content (AvgIpc) is 2.83. The SMILES string of the molecule is FC1(F)Oc2ccc(NC3=NCCN3)cc2O1. The number of rotatable bonds is 1. The number of guanidine groups is 1. The Kier molecular flexibility index (Phi) is 2.07. The van der Waals surface area contributed by atoms with Crippen LogP contribution in [0.2, 0.25) is 0 Å². The van der Waals surface area contributed by atoms with Crippen LogP contribution in [0.4, 0.5) is 14.5 Å². The number of hydrogen-bond donors (Lipinski definition) is 2. The number of nitrogens with zero attached hydrogens (tertiary/aromatic N) is 1. The molecule has 0 saturated carbocycles. The van der Waals surface area contributed by atoms with Gasteiger partial charge in [-0.05, 0) is 12.1 Å². The first kappa shape index (κ1) is 10.1. The molecule has 0 bridgehead atoms. The molecule has 0 saturated heterocycles. The minimum absolute atomic E-state index is 0.0126. The van der Waals surface area contributed by atoms with E-state index in [9.17, 15) is 8.78 Å². The molecule has 2 N–H and O–H groups in total. The third-order valence-electron chi connectivity index (χ3n) is 2.34. The van der Waals surface area contributed by atoms with Gasteiger partial charge in [-0.3, -0.25) is 4.99 Å². The van der Waals surface area contributed by atoms with Crippen LogP contribution < -0.4 is 20.1 Å². The molecule has 0 fully saturated rings. The monoisotopic (exact) mass is 241 g/mol. The van der Waals surface area contributed by atoms with Crippen LogP contribution in [0.15, 0.2) is 23.2 Å². The molecule has 0 amide bonds. The normalized spacial score (nSPS) is 19.8. The van der Waals surface area contributed by atoms with Crippen LogP contribution in [0.5, 0.6) is 11.5 Å². The predicted molar refractivity (Wildman–Crippen MR) is 56.6 cm³/mol. The zero-order valence-electron chi connectivity index (χ0n) is 8.67. The molecule has 5 nitrogen and oxygen atoms in total. The number of hydrogen-bond acceptors (Lipinski definition) is 5. The molecule has 0 radical (unpaired) electrons. The molecule has 90 valence electrons. The van der Waals surface area contributed by atoms with Gasteiger partial charge < -0.3 is 20.1 Å². The van der Waals surface area contributed by atoms with Crippen LogP contribution in [0.3, 0.4) is 0 Å². The van der Waals surface area contributed by atoms with E-state index in [1.54, 1.807) is 6.07 Å². The van der Waals surface area contributed by atoms with Crippen molar-refractivity contribution in [3.63, 3.8) is 0 Å². The van der Waals surface area contributed by atoms with Crippen LogP contribution >= 0.6 is 0 Å². The first-order chi connectivity index (χ1) is 8.12. The van der Waals surface area contributed by atoms with Crippen LogP contribution in [0, 0.1) is 0 Å². The van der Waals surface area contributed by atoms with Gasteiger partial charge in [-0.25, -0.2) is 0 Å². The summed E-state index contributed by atoms with van der Waals surface area (Å²) < 4.78 is 34.2. The molecule has 0 aliphatic carbocycles. The van der Waals surface area contributed by atoms with E-state index in [0.29, 0.717) is 18.2 Å². The van der Waals surface area contributed by atoms with Crippen molar-refractivity contribution in [1.82, 2.24) is 5.32 Å². The standard InChI is InChI=1S/C10H9F2N3O2/c11-10(12)16-7-2-1-6(5-8(7)17-10)15-9-13-3-4-14-9/h1-2,5H,3-4H2,(H2,13,14,15). The molecular formula is C10H9F2N3O2. The second-order valence-electron chi connectivity index (χ2n) is 3.61. The van der Waals surface area contributed by atoms with Crippen LogP contribution in [0.25, 0.3) is 0 Å². The Morgan fingerprint density at radius 1 is 1.29 bits per heavy atom. The van der Waals surface area contributed by atoms with E-state index >= 15 is 0 Å². The highest BCUT2D eigenvalue weighted by Crippen LogP contribution is 2.42. The maximum Gasteiger partial charge on any atom is 0.586 e. The number of nitrogens with one attached hydrogen (secondary N) is 2. The highest BCUT2D eigenvalue weighted by Gasteiger charge is 2.43. The number of benzene rings is 1. The van der Waals surface area contributed by atoms with Crippen molar-refractivity contribution in [2.45, 2.75) is 6.29 Å². The van der Waals surface area contributed by atoms with E-state index in [1.807, 2.05) is 0 Å². The third-order valence-corrected chi connectivity index (χ3v) is 2.34. The Hall–Kier alpha value is -2.05. The second kappa shape index (κ2) is 3.47. The number of ether oxygens (including phenoxy) is 2. The zero-order chi connectivity index (χ0) is 11.9. The fourth-order valence-electron chi connectivity index (χ4n) is 1.65. The lowest BCUT2D eigenvalue weighted by atomic mass is 10.3. The Balaban J connectivity index is 1.80. The molecule has 2 aliphatic rings. The topological polar surface area (TPSA) is 54.9 Å². The Morgan fingerprint density at radius 3 is 2.88 bits per heavy atom. The van der Waals surface area contributed by atoms with Crippen LogP contribution in [-0.2, 0) is 0 Å². The maximum absolute atomic E-state index is 12.8. The zero-order valence-corrected chi connectivity index (χ0v) is 8.67. The van der Waals surface area contributed by atoms with E-state index < -0.39 is 6.29 Å². The summed E-state index contributed by atoms with van der Waals surface area (Å²) in [7, 11) is 0. The predicted octanol–water partition coefficient (Wildman–Crippen LogP) is 1.38. The van der Waals surface area contributed by atoms with E-state index in [4.69, 9.17) is 0 Å². The van der Waals surface area contributed by atoms with Crippen molar-refractivity contribution >= 4 is 11.6 Å². The van der Waals surface area contributed by atoms with E-state index in [2.05, 4.69) is 25.1 Å². The van der Waals surface area contributed by atoms with Crippen LogP contribution in [-0.4, -0.2) is 25.3 Å². The Morgan fingerprint density at radius 2 is 2.12 bits per heavy atom. The smallest absolute Gasteiger partial charge is 0.395 e. The molecule has 0 aromatic heterocycles. The number of aliphatic imine (C=N–C) groups is 1. The fourth-order valence-corrected chi connectivity index (χ4v) is 1.65. The summed E-state index contributed by atoms with van der Waals surface area (Å²) >= 11 is 0.